The average molecular weight is 310 g/mol. The number of benzene rings is 1. The van der Waals surface area contributed by atoms with Gasteiger partial charge in [-0.3, -0.25) is 14.5 Å². The number of hydrogen-bond donors (Lipinski definition) is 0. The number of aromatic nitrogens is 1. The highest BCUT2D eigenvalue weighted by Crippen LogP contribution is 2.31. The van der Waals surface area contributed by atoms with Gasteiger partial charge >= 0.3 is 0 Å². The summed E-state index contributed by atoms with van der Waals surface area (Å²) >= 11 is 0. The summed E-state index contributed by atoms with van der Waals surface area (Å²) in [6.07, 6.45) is 3.29. The van der Waals surface area contributed by atoms with Gasteiger partial charge in [0.25, 0.3) is 11.8 Å². The second-order valence-corrected chi connectivity index (χ2v) is 6.04. The van der Waals surface area contributed by atoms with Crippen LogP contribution in [0.15, 0.2) is 42.1 Å². The zero-order valence-corrected chi connectivity index (χ0v) is 13.0. The Hall–Kier alpha value is -2.40. The molecule has 2 aliphatic heterocycles. The molecule has 5 heteroatoms. The van der Waals surface area contributed by atoms with Crippen LogP contribution in [0, 0.1) is 0 Å². The highest BCUT2D eigenvalue weighted by molar-refractivity contribution is 6.32. The number of imide groups is 1. The quantitative estimate of drug-likeness (QED) is 0.801. The first-order chi connectivity index (χ1) is 11.2. The van der Waals surface area contributed by atoms with Crippen molar-refractivity contribution in [3.05, 3.63) is 42.1 Å². The fourth-order valence-corrected chi connectivity index (χ4v) is 3.49. The summed E-state index contributed by atoms with van der Waals surface area (Å²) in [5, 5.41) is 1.05. The van der Waals surface area contributed by atoms with Gasteiger partial charge in [0, 0.05) is 31.0 Å². The molecule has 0 atom stereocenters. The Morgan fingerprint density at radius 1 is 1.04 bits per heavy atom. The van der Waals surface area contributed by atoms with Crippen molar-refractivity contribution in [3.8, 4) is 0 Å². The molecular weight excluding hydrogens is 292 g/mol. The molecule has 0 spiro atoms. The number of carbonyl (C=O) groups excluding carboxylic acids is 2. The number of rotatable bonds is 2. The molecule has 1 fully saturated rings. The average Bonchev–Trinajstić information content (AvgIpc) is 3.08. The standard InChI is InChI=1S/C18H18N2O3/c1-12-16(19-9-6-13-4-2-3-5-15(13)19)18(22)20(17(12)21)14-7-10-23-11-8-14/h2-6,9,14H,7-8,10-11H2,1H3. The molecule has 2 aliphatic rings. The summed E-state index contributed by atoms with van der Waals surface area (Å²) in [6.45, 7) is 2.94. The Morgan fingerprint density at radius 2 is 1.78 bits per heavy atom. The van der Waals surface area contributed by atoms with E-state index in [4.69, 9.17) is 4.74 Å². The topological polar surface area (TPSA) is 51.5 Å². The van der Waals surface area contributed by atoms with Gasteiger partial charge in [0.05, 0.1) is 5.52 Å². The van der Waals surface area contributed by atoms with Crippen molar-refractivity contribution in [2.75, 3.05) is 13.2 Å². The van der Waals surface area contributed by atoms with Gasteiger partial charge in [-0.1, -0.05) is 18.2 Å². The fraction of sp³-hybridized carbons (Fsp3) is 0.333. The van der Waals surface area contributed by atoms with Gasteiger partial charge in [-0.25, -0.2) is 0 Å². The zero-order chi connectivity index (χ0) is 16.0. The number of hydrogen-bond acceptors (Lipinski definition) is 3. The van der Waals surface area contributed by atoms with Crippen molar-refractivity contribution in [3.63, 3.8) is 0 Å². The monoisotopic (exact) mass is 310 g/mol. The lowest BCUT2D eigenvalue weighted by molar-refractivity contribution is -0.141. The molecule has 2 aromatic rings. The molecule has 0 bridgehead atoms. The van der Waals surface area contributed by atoms with E-state index in [0.717, 1.165) is 10.9 Å². The Kier molecular flexibility index (Phi) is 3.31. The van der Waals surface area contributed by atoms with Crippen molar-refractivity contribution >= 4 is 28.4 Å². The molecule has 118 valence electrons. The van der Waals surface area contributed by atoms with E-state index in [1.165, 1.54) is 4.90 Å². The van der Waals surface area contributed by atoms with Gasteiger partial charge in [-0.15, -0.1) is 0 Å². The third-order valence-electron chi connectivity index (χ3n) is 4.71. The summed E-state index contributed by atoms with van der Waals surface area (Å²) in [5.41, 5.74) is 1.93. The lowest BCUT2D eigenvalue weighted by Gasteiger charge is -2.29. The molecule has 3 heterocycles. The maximum Gasteiger partial charge on any atom is 0.278 e. The summed E-state index contributed by atoms with van der Waals surface area (Å²) in [5.74, 6) is -0.365. The maximum absolute atomic E-state index is 13.0. The van der Waals surface area contributed by atoms with Crippen LogP contribution in [0.2, 0.25) is 0 Å². The molecule has 2 amide bonds. The minimum Gasteiger partial charge on any atom is -0.381 e. The van der Waals surface area contributed by atoms with E-state index in [1.807, 2.05) is 41.1 Å². The largest absolute Gasteiger partial charge is 0.381 e. The molecule has 0 N–H and O–H groups in total. The number of para-hydroxylation sites is 1. The first-order valence-corrected chi connectivity index (χ1v) is 7.91. The molecule has 0 unspecified atom stereocenters. The fourth-order valence-electron chi connectivity index (χ4n) is 3.49. The predicted octanol–water partition coefficient (Wildman–Crippen LogP) is 2.42. The number of nitrogens with zero attached hydrogens (tertiary/aromatic N) is 2. The molecule has 23 heavy (non-hydrogen) atoms. The van der Waals surface area contributed by atoms with Gasteiger partial charge < -0.3 is 9.30 Å². The second-order valence-electron chi connectivity index (χ2n) is 6.04. The normalized spacial score (nSPS) is 20.1. The Labute approximate surface area is 134 Å². The summed E-state index contributed by atoms with van der Waals surface area (Å²) in [6, 6.07) is 9.77. The van der Waals surface area contributed by atoms with Crippen molar-refractivity contribution in [1.82, 2.24) is 9.47 Å². The molecule has 0 saturated carbocycles. The summed E-state index contributed by atoms with van der Waals surface area (Å²) < 4.78 is 7.18. The Balaban J connectivity index is 1.76. The van der Waals surface area contributed by atoms with Gasteiger partial charge in [0.15, 0.2) is 0 Å². The first kappa shape index (κ1) is 14.2. The SMILES string of the molecule is CC1=C(n2ccc3ccccc32)C(=O)N(C2CCOCC2)C1=O. The minimum absolute atomic E-state index is 0.0574. The van der Waals surface area contributed by atoms with Gasteiger partial charge in [-0.05, 0) is 37.3 Å². The highest BCUT2D eigenvalue weighted by Gasteiger charge is 2.41. The molecule has 0 aliphatic carbocycles. The van der Waals surface area contributed by atoms with E-state index >= 15 is 0 Å². The number of fused-ring (bicyclic) bond motifs is 1. The van der Waals surface area contributed by atoms with Gasteiger partial charge in [-0.2, -0.15) is 0 Å². The van der Waals surface area contributed by atoms with E-state index in [-0.39, 0.29) is 17.9 Å². The Bertz CT molecular complexity index is 828. The van der Waals surface area contributed by atoms with Crippen molar-refractivity contribution in [2.45, 2.75) is 25.8 Å². The molecule has 1 saturated heterocycles. The molecule has 5 nitrogen and oxygen atoms in total. The van der Waals surface area contributed by atoms with Gasteiger partial charge in [0.2, 0.25) is 0 Å². The van der Waals surface area contributed by atoms with Crippen molar-refractivity contribution < 1.29 is 14.3 Å². The van der Waals surface area contributed by atoms with Crippen LogP contribution in [0.3, 0.4) is 0 Å². The van der Waals surface area contributed by atoms with E-state index in [9.17, 15) is 9.59 Å². The maximum atomic E-state index is 13.0. The molecule has 4 rings (SSSR count). The van der Waals surface area contributed by atoms with E-state index in [0.29, 0.717) is 37.3 Å². The molecule has 0 radical (unpaired) electrons. The molecular formula is C18H18N2O3. The number of amides is 2. The summed E-state index contributed by atoms with van der Waals surface area (Å²) in [4.78, 5) is 27.0. The van der Waals surface area contributed by atoms with Crippen LogP contribution >= 0.6 is 0 Å². The van der Waals surface area contributed by atoms with E-state index in [1.54, 1.807) is 6.92 Å². The zero-order valence-electron chi connectivity index (χ0n) is 13.0. The third-order valence-corrected chi connectivity index (χ3v) is 4.71. The third kappa shape index (κ3) is 2.11. The van der Waals surface area contributed by atoms with Crippen LogP contribution in [0.4, 0.5) is 0 Å². The summed E-state index contributed by atoms with van der Waals surface area (Å²) in [7, 11) is 0. The van der Waals surface area contributed by atoms with Crippen LogP contribution < -0.4 is 0 Å². The predicted molar refractivity (Wildman–Crippen MR) is 86.5 cm³/mol. The minimum atomic E-state index is -0.194. The van der Waals surface area contributed by atoms with Crippen LogP contribution in [-0.4, -0.2) is 40.5 Å². The van der Waals surface area contributed by atoms with Crippen LogP contribution in [0.25, 0.3) is 16.6 Å². The number of ether oxygens (including phenoxy) is 1. The van der Waals surface area contributed by atoms with Crippen molar-refractivity contribution in [2.24, 2.45) is 0 Å². The molecule has 1 aromatic carbocycles. The second kappa shape index (κ2) is 5.35. The Morgan fingerprint density at radius 3 is 2.57 bits per heavy atom. The van der Waals surface area contributed by atoms with Crippen molar-refractivity contribution in [1.29, 1.82) is 0 Å². The van der Waals surface area contributed by atoms with E-state index < -0.39 is 0 Å². The van der Waals surface area contributed by atoms with E-state index in [2.05, 4.69) is 0 Å². The smallest absolute Gasteiger partial charge is 0.278 e. The lowest BCUT2D eigenvalue weighted by atomic mass is 10.1. The van der Waals surface area contributed by atoms with Gasteiger partial charge in [0.1, 0.15) is 5.70 Å². The highest BCUT2D eigenvalue weighted by atomic mass is 16.5. The molecule has 1 aromatic heterocycles. The van der Waals surface area contributed by atoms with Crippen LogP contribution in [-0.2, 0) is 14.3 Å². The lowest BCUT2D eigenvalue weighted by Crippen LogP contribution is -2.44. The van der Waals surface area contributed by atoms with Crippen LogP contribution in [0.1, 0.15) is 19.8 Å². The van der Waals surface area contributed by atoms with Crippen LogP contribution in [0.5, 0.6) is 0 Å². The number of carbonyl (C=O) groups is 2. The first-order valence-electron chi connectivity index (χ1n) is 7.91.